The molecule has 4 rings (SSSR count). The number of thiophene rings is 1. The molecule has 1 aromatic carbocycles. The summed E-state index contributed by atoms with van der Waals surface area (Å²) in [7, 11) is -3.43. The first-order chi connectivity index (χ1) is 10.6. The molecule has 2 aliphatic rings. The van der Waals surface area contributed by atoms with E-state index in [0.717, 1.165) is 42.4 Å². The summed E-state index contributed by atoms with van der Waals surface area (Å²) in [4.78, 5) is 0. The van der Waals surface area contributed by atoms with Gasteiger partial charge >= 0.3 is 0 Å². The predicted molar refractivity (Wildman–Crippen MR) is 90.2 cm³/mol. The zero-order valence-electron chi connectivity index (χ0n) is 12.0. The van der Waals surface area contributed by atoms with Gasteiger partial charge in [-0.05, 0) is 55.5 Å². The van der Waals surface area contributed by atoms with E-state index in [2.05, 4.69) is 5.32 Å². The Bertz CT molecular complexity index is 804. The predicted octanol–water partition coefficient (Wildman–Crippen LogP) is 3.07. The van der Waals surface area contributed by atoms with Crippen LogP contribution in [0.5, 0.6) is 0 Å². The number of benzene rings is 1. The van der Waals surface area contributed by atoms with Crippen molar-refractivity contribution in [1.29, 1.82) is 0 Å². The number of sulfonamides is 1. The molecule has 1 aromatic heterocycles. The van der Waals surface area contributed by atoms with Gasteiger partial charge in [-0.2, -0.15) is 4.31 Å². The Balaban J connectivity index is 1.78. The lowest BCUT2D eigenvalue weighted by Crippen LogP contribution is -2.42. The van der Waals surface area contributed by atoms with E-state index >= 15 is 0 Å². The number of nitrogens with zero attached hydrogens (tertiary/aromatic N) is 1. The van der Waals surface area contributed by atoms with Gasteiger partial charge in [-0.15, -0.1) is 11.3 Å². The molecule has 118 valence electrons. The second-order valence-corrected chi connectivity index (χ2v) is 9.55. The smallest absolute Gasteiger partial charge is 0.253 e. The highest BCUT2D eigenvalue weighted by molar-refractivity contribution is 7.91. The van der Waals surface area contributed by atoms with Crippen LogP contribution in [0.1, 0.15) is 19.3 Å². The molecule has 2 aliphatic heterocycles. The first-order valence-electron chi connectivity index (χ1n) is 7.49. The highest BCUT2D eigenvalue weighted by Gasteiger charge is 2.43. The standard InChI is InChI=1S/C15H17ClN2O2S2/c16-11-1-4-14-10(7-11)8-15(21-14)22(19,20)18-12-2-3-13(18)9-17-6-5-12/h1,4,7-8,12-13,17H,2-3,5-6,9H2. The minimum atomic E-state index is -3.43. The molecule has 2 fully saturated rings. The molecule has 0 radical (unpaired) electrons. The summed E-state index contributed by atoms with van der Waals surface area (Å²) in [5.41, 5.74) is 0. The minimum Gasteiger partial charge on any atom is -0.315 e. The van der Waals surface area contributed by atoms with Gasteiger partial charge in [-0.1, -0.05) is 11.6 Å². The normalized spacial score (nSPS) is 26.4. The maximum absolute atomic E-state index is 13.1. The molecule has 2 aromatic rings. The highest BCUT2D eigenvalue weighted by Crippen LogP contribution is 2.38. The van der Waals surface area contributed by atoms with Gasteiger partial charge in [0.05, 0.1) is 0 Å². The van der Waals surface area contributed by atoms with Crippen LogP contribution in [0, 0.1) is 0 Å². The Morgan fingerprint density at radius 1 is 1.18 bits per heavy atom. The topological polar surface area (TPSA) is 49.4 Å². The molecule has 0 spiro atoms. The van der Waals surface area contributed by atoms with Gasteiger partial charge in [0.2, 0.25) is 0 Å². The Kier molecular flexibility index (Phi) is 3.70. The Labute approximate surface area is 139 Å². The minimum absolute atomic E-state index is 0.0892. The van der Waals surface area contributed by atoms with Crippen LogP contribution in [0.4, 0.5) is 0 Å². The Morgan fingerprint density at radius 3 is 2.86 bits per heavy atom. The van der Waals surface area contributed by atoms with Gasteiger partial charge < -0.3 is 5.32 Å². The fourth-order valence-corrected chi connectivity index (χ4v) is 7.11. The summed E-state index contributed by atoms with van der Waals surface area (Å²) in [6, 6.07) is 7.50. The summed E-state index contributed by atoms with van der Waals surface area (Å²) in [6.07, 6.45) is 2.82. The number of nitrogens with one attached hydrogen (secondary N) is 1. The fourth-order valence-electron chi connectivity index (χ4n) is 3.55. The molecule has 2 unspecified atom stereocenters. The molecule has 0 aliphatic carbocycles. The zero-order chi connectivity index (χ0) is 15.3. The van der Waals surface area contributed by atoms with Gasteiger partial charge in [0.15, 0.2) is 0 Å². The van der Waals surface area contributed by atoms with E-state index in [4.69, 9.17) is 11.6 Å². The van der Waals surface area contributed by atoms with E-state index in [1.165, 1.54) is 11.3 Å². The second-order valence-electron chi connectivity index (χ2n) is 5.96. The van der Waals surface area contributed by atoms with Gasteiger partial charge in [0.25, 0.3) is 10.0 Å². The van der Waals surface area contributed by atoms with Gasteiger partial charge in [-0.25, -0.2) is 8.42 Å². The van der Waals surface area contributed by atoms with Crippen LogP contribution >= 0.6 is 22.9 Å². The molecule has 2 atom stereocenters. The van der Waals surface area contributed by atoms with Crippen molar-refractivity contribution in [1.82, 2.24) is 9.62 Å². The van der Waals surface area contributed by atoms with Crippen LogP contribution in [0.2, 0.25) is 5.02 Å². The van der Waals surface area contributed by atoms with E-state index in [-0.39, 0.29) is 12.1 Å². The van der Waals surface area contributed by atoms with Crippen LogP contribution in [-0.2, 0) is 10.0 Å². The lowest BCUT2D eigenvalue weighted by Gasteiger charge is -2.26. The van der Waals surface area contributed by atoms with E-state index in [1.807, 2.05) is 12.1 Å². The largest absolute Gasteiger partial charge is 0.315 e. The Hall–Kier alpha value is -0.660. The van der Waals surface area contributed by atoms with Crippen molar-refractivity contribution in [2.75, 3.05) is 13.1 Å². The summed E-state index contributed by atoms with van der Waals surface area (Å²) < 4.78 is 29.4. The van der Waals surface area contributed by atoms with Crippen molar-refractivity contribution < 1.29 is 8.42 Å². The van der Waals surface area contributed by atoms with Crippen LogP contribution in [-0.4, -0.2) is 37.9 Å². The molecule has 2 bridgehead atoms. The zero-order valence-corrected chi connectivity index (χ0v) is 14.3. The van der Waals surface area contributed by atoms with E-state index < -0.39 is 10.0 Å². The van der Waals surface area contributed by atoms with Crippen LogP contribution in [0.3, 0.4) is 0 Å². The van der Waals surface area contributed by atoms with Crippen LogP contribution in [0.25, 0.3) is 10.1 Å². The van der Waals surface area contributed by atoms with E-state index in [1.54, 1.807) is 16.4 Å². The van der Waals surface area contributed by atoms with Crippen molar-refractivity contribution in [2.45, 2.75) is 35.6 Å². The monoisotopic (exact) mass is 356 g/mol. The van der Waals surface area contributed by atoms with Crippen molar-refractivity contribution in [3.05, 3.63) is 29.3 Å². The maximum Gasteiger partial charge on any atom is 0.253 e. The first-order valence-corrected chi connectivity index (χ1v) is 10.1. The third-order valence-corrected chi connectivity index (χ3v) is 8.38. The molecule has 2 saturated heterocycles. The van der Waals surface area contributed by atoms with Crippen molar-refractivity contribution >= 4 is 43.0 Å². The van der Waals surface area contributed by atoms with Crippen LogP contribution < -0.4 is 5.32 Å². The number of halogens is 1. The third-order valence-electron chi connectivity index (χ3n) is 4.57. The Morgan fingerprint density at radius 2 is 2.00 bits per heavy atom. The maximum atomic E-state index is 13.1. The SMILES string of the molecule is O=S(=O)(c1cc2cc(Cl)ccc2s1)N1C2CCNCC1CC2. The first kappa shape index (κ1) is 14.9. The molecular weight excluding hydrogens is 340 g/mol. The highest BCUT2D eigenvalue weighted by atomic mass is 35.5. The van der Waals surface area contributed by atoms with Crippen molar-refractivity contribution in [3.63, 3.8) is 0 Å². The fraction of sp³-hybridized carbons (Fsp3) is 0.467. The number of rotatable bonds is 2. The van der Waals surface area contributed by atoms with Crippen molar-refractivity contribution in [2.24, 2.45) is 0 Å². The van der Waals surface area contributed by atoms with E-state index in [9.17, 15) is 8.42 Å². The number of hydrogen-bond acceptors (Lipinski definition) is 4. The molecular formula is C15H17ClN2O2S2. The number of fused-ring (bicyclic) bond motifs is 3. The molecule has 0 saturated carbocycles. The van der Waals surface area contributed by atoms with Crippen LogP contribution in [0.15, 0.2) is 28.5 Å². The molecule has 0 amide bonds. The molecule has 1 N–H and O–H groups in total. The number of hydrogen-bond donors (Lipinski definition) is 1. The average molecular weight is 357 g/mol. The van der Waals surface area contributed by atoms with Gasteiger partial charge in [-0.3, -0.25) is 0 Å². The molecule has 22 heavy (non-hydrogen) atoms. The third kappa shape index (κ3) is 2.37. The average Bonchev–Trinajstić information content (AvgIpc) is 2.99. The van der Waals surface area contributed by atoms with Gasteiger partial charge in [0.1, 0.15) is 4.21 Å². The summed E-state index contributed by atoms with van der Waals surface area (Å²) in [5, 5.41) is 4.88. The molecule has 4 nitrogen and oxygen atoms in total. The molecule has 3 heterocycles. The second kappa shape index (κ2) is 5.46. The summed E-state index contributed by atoms with van der Waals surface area (Å²) >= 11 is 7.34. The summed E-state index contributed by atoms with van der Waals surface area (Å²) in [6.45, 7) is 1.65. The van der Waals surface area contributed by atoms with Gasteiger partial charge in [0, 0.05) is 28.4 Å². The van der Waals surface area contributed by atoms with Crippen molar-refractivity contribution in [3.8, 4) is 0 Å². The quantitative estimate of drug-likeness (QED) is 0.899. The lowest BCUT2D eigenvalue weighted by molar-refractivity contribution is 0.335. The lowest BCUT2D eigenvalue weighted by atomic mass is 10.1. The molecule has 7 heteroatoms. The van der Waals surface area contributed by atoms with E-state index in [0.29, 0.717) is 9.23 Å². The summed E-state index contributed by atoms with van der Waals surface area (Å²) in [5.74, 6) is 0.